The first-order valence-corrected chi connectivity index (χ1v) is 12.1. The van der Waals surface area contributed by atoms with Crippen molar-refractivity contribution in [2.45, 2.75) is 51.7 Å². The number of benzene rings is 3. The maximum Gasteiger partial charge on any atom is 0.243 e. The van der Waals surface area contributed by atoms with Crippen molar-refractivity contribution in [2.24, 2.45) is 0 Å². The van der Waals surface area contributed by atoms with Gasteiger partial charge in [-0.1, -0.05) is 77.8 Å². The molecule has 0 aromatic heterocycles. The molecule has 0 spiro atoms. The van der Waals surface area contributed by atoms with Crippen molar-refractivity contribution in [3.63, 3.8) is 0 Å². The molecule has 2 amide bonds. The predicted octanol–water partition coefficient (Wildman–Crippen LogP) is 6.23. The second-order valence-corrected chi connectivity index (χ2v) is 10.3. The molecule has 0 fully saturated rings. The first-order valence-electron chi connectivity index (χ1n) is 11.4. The largest absolute Gasteiger partial charge is 0.350 e. The van der Waals surface area contributed by atoms with E-state index in [4.69, 9.17) is 23.2 Å². The lowest BCUT2D eigenvalue weighted by molar-refractivity contribution is -0.141. The van der Waals surface area contributed by atoms with Gasteiger partial charge >= 0.3 is 0 Å². The summed E-state index contributed by atoms with van der Waals surface area (Å²) < 4.78 is 14.4. The molecule has 3 aromatic rings. The van der Waals surface area contributed by atoms with Gasteiger partial charge in [-0.15, -0.1) is 0 Å². The molecule has 0 aliphatic heterocycles. The molecule has 1 N–H and O–H groups in total. The number of hydrogen-bond donors (Lipinski definition) is 1. The van der Waals surface area contributed by atoms with E-state index in [2.05, 4.69) is 5.32 Å². The highest BCUT2D eigenvalue weighted by Gasteiger charge is 2.32. The van der Waals surface area contributed by atoms with Crippen molar-refractivity contribution < 1.29 is 14.0 Å². The zero-order chi connectivity index (χ0) is 25.6. The van der Waals surface area contributed by atoms with Crippen molar-refractivity contribution in [3.05, 3.63) is 105 Å². The van der Waals surface area contributed by atoms with Crippen LogP contribution in [-0.4, -0.2) is 28.3 Å². The Kier molecular flexibility index (Phi) is 8.92. The summed E-state index contributed by atoms with van der Waals surface area (Å²) >= 11 is 12.5. The molecule has 1 atom stereocenters. The van der Waals surface area contributed by atoms with Crippen LogP contribution in [0.25, 0.3) is 0 Å². The van der Waals surface area contributed by atoms with E-state index in [1.807, 2.05) is 51.1 Å². The molecule has 0 heterocycles. The normalized spacial score (nSPS) is 12.2. The Hall–Kier alpha value is -2.89. The minimum Gasteiger partial charge on any atom is -0.350 e. The van der Waals surface area contributed by atoms with E-state index in [0.29, 0.717) is 15.6 Å². The fourth-order valence-electron chi connectivity index (χ4n) is 3.75. The number of nitrogens with one attached hydrogen (secondary N) is 1. The Balaban J connectivity index is 2.03. The lowest BCUT2D eigenvalue weighted by atomic mass is 9.99. The average molecular weight is 515 g/mol. The monoisotopic (exact) mass is 514 g/mol. The molecular formula is C28H29Cl2FN2O2. The second-order valence-electron chi connectivity index (χ2n) is 9.47. The van der Waals surface area contributed by atoms with Gasteiger partial charge in [0.05, 0.1) is 6.42 Å². The SMILES string of the molecule is CC(C)(C)NC(=O)[C@@H](Cc1ccccc1)N(Cc1ccc(Cl)cc1Cl)C(=O)Cc1ccccc1F. The number of nitrogens with zero attached hydrogens (tertiary/aromatic N) is 1. The van der Waals surface area contributed by atoms with Gasteiger partial charge in [0.2, 0.25) is 11.8 Å². The Labute approximate surface area is 216 Å². The van der Waals surface area contributed by atoms with Crippen LogP contribution in [0, 0.1) is 5.82 Å². The van der Waals surface area contributed by atoms with Crippen LogP contribution in [0.3, 0.4) is 0 Å². The van der Waals surface area contributed by atoms with Crippen LogP contribution in [0.4, 0.5) is 4.39 Å². The number of hydrogen-bond acceptors (Lipinski definition) is 2. The van der Waals surface area contributed by atoms with Gasteiger partial charge in [-0.05, 0) is 55.7 Å². The van der Waals surface area contributed by atoms with E-state index >= 15 is 0 Å². The Morgan fingerprint density at radius 1 is 0.943 bits per heavy atom. The van der Waals surface area contributed by atoms with Crippen LogP contribution < -0.4 is 5.32 Å². The predicted molar refractivity (Wildman–Crippen MR) is 139 cm³/mol. The summed E-state index contributed by atoms with van der Waals surface area (Å²) in [4.78, 5) is 28.7. The van der Waals surface area contributed by atoms with Crippen LogP contribution in [-0.2, 0) is 29.0 Å². The number of carbonyl (C=O) groups excluding carboxylic acids is 2. The lowest BCUT2D eigenvalue weighted by Crippen LogP contribution is -2.54. The van der Waals surface area contributed by atoms with Gasteiger partial charge in [-0.25, -0.2) is 4.39 Å². The molecule has 0 bridgehead atoms. The summed E-state index contributed by atoms with van der Waals surface area (Å²) in [7, 11) is 0. The molecule has 4 nitrogen and oxygen atoms in total. The number of carbonyl (C=O) groups is 2. The quantitative estimate of drug-likeness (QED) is 0.387. The van der Waals surface area contributed by atoms with Crippen LogP contribution >= 0.6 is 23.2 Å². The van der Waals surface area contributed by atoms with Crippen molar-refractivity contribution in [3.8, 4) is 0 Å². The summed E-state index contributed by atoms with van der Waals surface area (Å²) in [6.45, 7) is 5.71. The maximum absolute atomic E-state index is 14.4. The van der Waals surface area contributed by atoms with Crippen LogP contribution in [0.15, 0.2) is 72.8 Å². The second kappa shape index (κ2) is 11.7. The molecule has 0 saturated carbocycles. The topological polar surface area (TPSA) is 49.4 Å². The number of rotatable bonds is 8. The lowest BCUT2D eigenvalue weighted by Gasteiger charge is -2.34. The molecule has 0 saturated heterocycles. The van der Waals surface area contributed by atoms with Crippen molar-refractivity contribution in [1.82, 2.24) is 10.2 Å². The molecule has 0 aliphatic rings. The highest BCUT2D eigenvalue weighted by molar-refractivity contribution is 6.35. The third-order valence-corrected chi connectivity index (χ3v) is 6.01. The zero-order valence-electron chi connectivity index (χ0n) is 20.0. The fourth-order valence-corrected chi connectivity index (χ4v) is 4.21. The van der Waals surface area contributed by atoms with Gasteiger partial charge in [0.25, 0.3) is 0 Å². The van der Waals surface area contributed by atoms with E-state index in [9.17, 15) is 14.0 Å². The molecule has 0 radical (unpaired) electrons. The summed E-state index contributed by atoms with van der Waals surface area (Å²) in [5, 5.41) is 3.85. The van der Waals surface area contributed by atoms with Crippen LogP contribution in [0.1, 0.15) is 37.5 Å². The zero-order valence-corrected chi connectivity index (χ0v) is 21.5. The highest BCUT2D eigenvalue weighted by atomic mass is 35.5. The molecule has 3 rings (SSSR count). The maximum atomic E-state index is 14.4. The molecule has 0 aliphatic carbocycles. The Morgan fingerprint density at radius 3 is 2.23 bits per heavy atom. The van der Waals surface area contributed by atoms with E-state index in [1.165, 1.54) is 11.0 Å². The minimum absolute atomic E-state index is 0.0678. The van der Waals surface area contributed by atoms with Gasteiger partial charge < -0.3 is 10.2 Å². The van der Waals surface area contributed by atoms with Gasteiger partial charge in [0.1, 0.15) is 11.9 Å². The molecule has 3 aromatic carbocycles. The summed E-state index contributed by atoms with van der Waals surface area (Å²) in [5.41, 5.74) is 1.29. The van der Waals surface area contributed by atoms with Crippen LogP contribution in [0.5, 0.6) is 0 Å². The summed E-state index contributed by atoms with van der Waals surface area (Å²) in [5.74, 6) is -1.15. The standard InChI is InChI=1S/C28H29Cl2FN2O2/c1-28(2,3)32-27(35)25(15-19-9-5-4-6-10-19)33(18-21-13-14-22(29)17-23(21)30)26(34)16-20-11-7-8-12-24(20)31/h4-14,17,25H,15-16,18H2,1-3H3,(H,32,35)/t25-/m1/s1. The molecule has 0 unspecified atom stereocenters. The van der Waals surface area contributed by atoms with E-state index < -0.39 is 17.4 Å². The Bertz CT molecular complexity index is 1180. The summed E-state index contributed by atoms with van der Waals surface area (Å²) in [6, 6.07) is 19.8. The number of amides is 2. The third-order valence-electron chi connectivity index (χ3n) is 5.42. The fraction of sp³-hybridized carbons (Fsp3) is 0.286. The summed E-state index contributed by atoms with van der Waals surface area (Å²) in [6.07, 6.45) is 0.100. The molecule has 184 valence electrons. The average Bonchev–Trinajstić information content (AvgIpc) is 2.78. The highest BCUT2D eigenvalue weighted by Crippen LogP contribution is 2.25. The Morgan fingerprint density at radius 2 is 1.60 bits per heavy atom. The molecule has 7 heteroatoms. The van der Waals surface area contributed by atoms with Crippen molar-refractivity contribution in [2.75, 3.05) is 0 Å². The first kappa shape index (κ1) is 26.7. The van der Waals surface area contributed by atoms with Crippen molar-refractivity contribution >= 4 is 35.0 Å². The van der Waals surface area contributed by atoms with Gasteiger partial charge in [0, 0.05) is 28.5 Å². The van der Waals surface area contributed by atoms with E-state index in [1.54, 1.807) is 36.4 Å². The van der Waals surface area contributed by atoms with Gasteiger partial charge in [-0.2, -0.15) is 0 Å². The van der Waals surface area contributed by atoms with Crippen LogP contribution in [0.2, 0.25) is 10.0 Å². The third kappa shape index (κ3) is 7.81. The molecule has 35 heavy (non-hydrogen) atoms. The number of halogens is 3. The molecular weight excluding hydrogens is 486 g/mol. The van der Waals surface area contributed by atoms with Gasteiger partial charge in [-0.3, -0.25) is 9.59 Å². The van der Waals surface area contributed by atoms with E-state index in [-0.39, 0.29) is 36.8 Å². The smallest absolute Gasteiger partial charge is 0.243 e. The minimum atomic E-state index is -0.845. The van der Waals surface area contributed by atoms with E-state index in [0.717, 1.165) is 5.56 Å². The van der Waals surface area contributed by atoms with Crippen molar-refractivity contribution in [1.29, 1.82) is 0 Å². The first-order chi connectivity index (χ1) is 16.5. The van der Waals surface area contributed by atoms with Gasteiger partial charge in [0.15, 0.2) is 0 Å².